The van der Waals surface area contributed by atoms with Crippen molar-refractivity contribution in [2.45, 2.75) is 0 Å². The molecule has 0 saturated carbocycles. The molecule has 0 fully saturated rings. The van der Waals surface area contributed by atoms with Crippen LogP contribution in [-0.2, 0) is 0 Å². The van der Waals surface area contributed by atoms with Crippen LogP contribution < -0.4 is 4.90 Å². The van der Waals surface area contributed by atoms with Crippen LogP contribution >= 0.6 is 0 Å². The second kappa shape index (κ2) is 9.38. The van der Waals surface area contributed by atoms with Crippen LogP contribution in [0, 0.1) is 0 Å². The maximum Gasteiger partial charge on any atom is 0.155 e. The third kappa shape index (κ3) is 3.91. The predicted molar refractivity (Wildman–Crippen MR) is 157 cm³/mol. The van der Waals surface area contributed by atoms with Gasteiger partial charge in [0, 0.05) is 16.8 Å². The van der Waals surface area contributed by atoms with Crippen molar-refractivity contribution in [3.05, 3.63) is 146 Å². The molecule has 2 heterocycles. The molecule has 0 atom stereocenters. The van der Waals surface area contributed by atoms with Gasteiger partial charge in [0.1, 0.15) is 5.58 Å². The first kappa shape index (κ1) is 22.1. The number of aromatic nitrogens is 1. The summed E-state index contributed by atoms with van der Waals surface area (Å²) in [5, 5.41) is 2.13. The highest BCUT2D eigenvalue weighted by molar-refractivity contribution is 6.12. The van der Waals surface area contributed by atoms with Gasteiger partial charge in [-0.15, -0.1) is 0 Å². The number of anilines is 3. The summed E-state index contributed by atoms with van der Waals surface area (Å²) >= 11 is 0. The van der Waals surface area contributed by atoms with Crippen LogP contribution in [0.25, 0.3) is 44.2 Å². The average Bonchev–Trinajstić information content (AvgIpc) is 3.38. The molecule has 180 valence electrons. The van der Waals surface area contributed by atoms with Crippen LogP contribution in [0.2, 0.25) is 0 Å². The van der Waals surface area contributed by atoms with Gasteiger partial charge in [0.25, 0.3) is 0 Å². The number of pyridine rings is 1. The highest BCUT2D eigenvalue weighted by Gasteiger charge is 2.20. The molecule has 7 rings (SSSR count). The molecular weight excluding hydrogens is 464 g/mol. The lowest BCUT2D eigenvalue weighted by molar-refractivity contribution is 0.667. The van der Waals surface area contributed by atoms with Crippen molar-refractivity contribution in [3.8, 4) is 22.3 Å². The van der Waals surface area contributed by atoms with Gasteiger partial charge in [0.05, 0.1) is 23.5 Å². The summed E-state index contributed by atoms with van der Waals surface area (Å²) in [4.78, 5) is 6.84. The van der Waals surface area contributed by atoms with Gasteiger partial charge in [-0.3, -0.25) is 4.98 Å². The normalized spacial score (nSPS) is 11.2. The third-order valence-electron chi connectivity index (χ3n) is 6.97. The molecule has 3 heteroatoms. The quantitative estimate of drug-likeness (QED) is 0.241. The van der Waals surface area contributed by atoms with Crippen molar-refractivity contribution in [2.75, 3.05) is 4.90 Å². The van der Waals surface area contributed by atoms with E-state index in [9.17, 15) is 0 Å². The number of fused-ring (bicyclic) bond motifs is 3. The number of rotatable bonds is 5. The van der Waals surface area contributed by atoms with Crippen molar-refractivity contribution >= 4 is 39.0 Å². The van der Waals surface area contributed by atoms with Crippen LogP contribution in [0.5, 0.6) is 0 Å². The minimum atomic E-state index is 0.774. The fourth-order valence-electron chi connectivity index (χ4n) is 5.12. The number of benzene rings is 5. The van der Waals surface area contributed by atoms with Crippen LogP contribution in [0.4, 0.5) is 17.1 Å². The first-order valence-electron chi connectivity index (χ1n) is 12.7. The zero-order chi connectivity index (χ0) is 25.3. The summed E-state index contributed by atoms with van der Waals surface area (Å²) in [5.41, 5.74) is 9.47. The second-order valence-electron chi connectivity index (χ2n) is 9.29. The molecule has 0 spiro atoms. The number of para-hydroxylation sites is 1. The monoisotopic (exact) mass is 488 g/mol. The second-order valence-corrected chi connectivity index (χ2v) is 9.29. The van der Waals surface area contributed by atoms with Crippen LogP contribution in [0.3, 0.4) is 0 Å². The molecule has 0 N–H and O–H groups in total. The lowest BCUT2D eigenvalue weighted by Gasteiger charge is -2.26. The number of hydrogen-bond donors (Lipinski definition) is 0. The summed E-state index contributed by atoms with van der Waals surface area (Å²) < 4.78 is 6.18. The topological polar surface area (TPSA) is 29.3 Å². The molecule has 7 aromatic rings. The number of hydrogen-bond acceptors (Lipinski definition) is 3. The summed E-state index contributed by atoms with van der Waals surface area (Å²) in [6.45, 7) is 0. The molecule has 0 amide bonds. The van der Waals surface area contributed by atoms with Gasteiger partial charge < -0.3 is 9.32 Å². The molecule has 0 aliphatic rings. The average molecular weight is 489 g/mol. The van der Waals surface area contributed by atoms with E-state index in [1.807, 2.05) is 30.5 Å². The molecule has 3 nitrogen and oxygen atoms in total. The molecule has 5 aromatic carbocycles. The van der Waals surface area contributed by atoms with E-state index in [1.54, 1.807) is 6.20 Å². The van der Waals surface area contributed by atoms with Crippen molar-refractivity contribution < 1.29 is 4.42 Å². The molecule has 38 heavy (non-hydrogen) atoms. The zero-order valence-corrected chi connectivity index (χ0v) is 20.7. The van der Waals surface area contributed by atoms with Crippen molar-refractivity contribution in [3.63, 3.8) is 0 Å². The van der Waals surface area contributed by atoms with Gasteiger partial charge in [-0.05, 0) is 52.6 Å². The van der Waals surface area contributed by atoms with Gasteiger partial charge in [-0.1, -0.05) is 103 Å². The molecular formula is C35H24N2O. The Bertz CT molecular complexity index is 1760. The van der Waals surface area contributed by atoms with E-state index < -0.39 is 0 Å². The molecule has 0 aliphatic heterocycles. The van der Waals surface area contributed by atoms with E-state index in [0.717, 1.165) is 39.0 Å². The first-order chi connectivity index (χ1) is 18.8. The molecule has 2 aromatic heterocycles. The Labute approximate surface area is 221 Å². The predicted octanol–water partition coefficient (Wildman–Crippen LogP) is 9.78. The van der Waals surface area contributed by atoms with E-state index in [2.05, 4.69) is 119 Å². The zero-order valence-electron chi connectivity index (χ0n) is 20.7. The largest absolute Gasteiger partial charge is 0.454 e. The fraction of sp³-hybridized carbons (Fsp3) is 0. The van der Waals surface area contributed by atoms with Gasteiger partial charge in [0.2, 0.25) is 0 Å². The standard InChI is InChI=1S/C35H24N2O/c1-3-9-25(10-4-1)27-15-19-29(20-16-27)37(30-21-17-28(18-22-30)26-11-5-2-6-12-26)32-23-36-24-34-35(32)31-13-7-8-14-33(31)38-34/h1-24H. The van der Waals surface area contributed by atoms with Crippen molar-refractivity contribution in [1.29, 1.82) is 0 Å². The van der Waals surface area contributed by atoms with Gasteiger partial charge >= 0.3 is 0 Å². The summed E-state index contributed by atoms with van der Waals surface area (Å²) in [5.74, 6) is 0. The Morgan fingerprint density at radius 2 is 0.947 bits per heavy atom. The third-order valence-corrected chi connectivity index (χ3v) is 6.97. The van der Waals surface area contributed by atoms with Crippen LogP contribution in [0.1, 0.15) is 0 Å². The Morgan fingerprint density at radius 3 is 1.53 bits per heavy atom. The minimum Gasteiger partial charge on any atom is -0.454 e. The van der Waals surface area contributed by atoms with E-state index >= 15 is 0 Å². The minimum absolute atomic E-state index is 0.774. The van der Waals surface area contributed by atoms with Gasteiger partial charge in [-0.2, -0.15) is 0 Å². The van der Waals surface area contributed by atoms with Crippen LogP contribution in [0.15, 0.2) is 150 Å². The lowest BCUT2D eigenvalue weighted by Crippen LogP contribution is -2.10. The number of furan rings is 1. The number of nitrogens with zero attached hydrogens (tertiary/aromatic N) is 2. The lowest BCUT2D eigenvalue weighted by atomic mass is 10.0. The maximum atomic E-state index is 6.18. The molecule has 0 bridgehead atoms. The van der Waals surface area contributed by atoms with E-state index in [0.29, 0.717) is 0 Å². The Hall–Kier alpha value is -5.15. The van der Waals surface area contributed by atoms with Gasteiger partial charge in [0.15, 0.2) is 5.58 Å². The van der Waals surface area contributed by atoms with E-state index in [-0.39, 0.29) is 0 Å². The van der Waals surface area contributed by atoms with Crippen molar-refractivity contribution in [1.82, 2.24) is 4.98 Å². The fourth-order valence-corrected chi connectivity index (χ4v) is 5.12. The molecule has 0 radical (unpaired) electrons. The summed E-state index contributed by atoms with van der Waals surface area (Å²) in [7, 11) is 0. The highest BCUT2D eigenvalue weighted by Crippen LogP contribution is 2.42. The van der Waals surface area contributed by atoms with Crippen LogP contribution in [-0.4, -0.2) is 4.98 Å². The molecule has 0 aliphatic carbocycles. The maximum absolute atomic E-state index is 6.18. The molecule has 0 unspecified atom stereocenters. The SMILES string of the molecule is c1ccc(-c2ccc(N(c3ccc(-c4ccccc4)cc3)c3cncc4oc5ccccc5c34)cc2)cc1. The Kier molecular flexibility index (Phi) is 5.45. The molecule has 0 saturated heterocycles. The summed E-state index contributed by atoms with van der Waals surface area (Å²) in [6, 6.07) is 46.5. The van der Waals surface area contributed by atoms with E-state index in [1.165, 1.54) is 22.3 Å². The summed E-state index contributed by atoms with van der Waals surface area (Å²) in [6.07, 6.45) is 3.73. The van der Waals surface area contributed by atoms with E-state index in [4.69, 9.17) is 4.42 Å². The van der Waals surface area contributed by atoms with Gasteiger partial charge in [-0.25, -0.2) is 0 Å². The first-order valence-corrected chi connectivity index (χ1v) is 12.7. The Balaban J connectivity index is 1.40. The van der Waals surface area contributed by atoms with Crippen molar-refractivity contribution in [2.24, 2.45) is 0 Å². The Morgan fingerprint density at radius 1 is 0.447 bits per heavy atom. The smallest absolute Gasteiger partial charge is 0.155 e. The highest BCUT2D eigenvalue weighted by atomic mass is 16.3.